The Bertz CT molecular complexity index is 650. The van der Waals surface area contributed by atoms with Crippen LogP contribution in [0.2, 0.25) is 0 Å². The van der Waals surface area contributed by atoms with E-state index in [1.165, 1.54) is 12.1 Å². The summed E-state index contributed by atoms with van der Waals surface area (Å²) in [6.07, 6.45) is 3.04. The number of nitrogens with two attached hydrogens (primary N) is 1. The van der Waals surface area contributed by atoms with Crippen molar-refractivity contribution in [1.29, 1.82) is 0 Å². The van der Waals surface area contributed by atoms with Gasteiger partial charge in [-0.05, 0) is 30.7 Å². The number of carbonyl (C=O) groups excluding carboxylic acids is 1. The molecule has 0 spiro atoms. The van der Waals surface area contributed by atoms with Crippen LogP contribution >= 0.6 is 0 Å². The quantitative estimate of drug-likeness (QED) is 0.823. The number of nitrogens with one attached hydrogen (secondary N) is 1. The first-order chi connectivity index (χ1) is 11.1. The first-order valence-corrected chi connectivity index (χ1v) is 7.49. The predicted octanol–water partition coefficient (Wildman–Crippen LogP) is 2.87. The molecule has 2 rings (SSSR count). The molecule has 0 saturated carbocycles. The van der Waals surface area contributed by atoms with Crippen LogP contribution in [-0.4, -0.2) is 16.9 Å². The first kappa shape index (κ1) is 16.9. The number of aromatic nitrogens is 1. The lowest BCUT2D eigenvalue weighted by molar-refractivity contribution is -0.117. The third-order valence-electron chi connectivity index (χ3n) is 3.24. The molecule has 1 amide bonds. The monoisotopic (exact) mass is 317 g/mol. The summed E-state index contributed by atoms with van der Waals surface area (Å²) in [6, 6.07) is 9.09. The lowest BCUT2D eigenvalue weighted by Crippen LogP contribution is -2.35. The van der Waals surface area contributed by atoms with Crippen molar-refractivity contribution >= 4 is 11.6 Å². The Labute approximate surface area is 134 Å². The molecule has 2 aromatic rings. The summed E-state index contributed by atoms with van der Waals surface area (Å²) in [6.45, 7) is 2.12. The van der Waals surface area contributed by atoms with Gasteiger partial charge in [-0.2, -0.15) is 0 Å². The maximum Gasteiger partial charge on any atom is 0.241 e. The average molecular weight is 317 g/mol. The summed E-state index contributed by atoms with van der Waals surface area (Å²) in [7, 11) is 0. The SMILES string of the molecule is CCCC(N)C(=O)Nc1ccc(OCc2ccccn2)c(F)c1. The molecule has 0 fully saturated rings. The van der Waals surface area contributed by atoms with Crippen molar-refractivity contribution < 1.29 is 13.9 Å². The van der Waals surface area contributed by atoms with Gasteiger partial charge in [0.25, 0.3) is 0 Å². The summed E-state index contributed by atoms with van der Waals surface area (Å²) >= 11 is 0. The van der Waals surface area contributed by atoms with Gasteiger partial charge in [-0.15, -0.1) is 0 Å². The summed E-state index contributed by atoms with van der Waals surface area (Å²) in [5.41, 5.74) is 6.77. The minimum atomic E-state index is -0.594. The fourth-order valence-corrected chi connectivity index (χ4v) is 2.01. The largest absolute Gasteiger partial charge is 0.484 e. The number of hydrogen-bond donors (Lipinski definition) is 2. The fourth-order valence-electron chi connectivity index (χ4n) is 2.01. The van der Waals surface area contributed by atoms with Crippen LogP contribution in [0.4, 0.5) is 10.1 Å². The molecule has 3 N–H and O–H groups in total. The van der Waals surface area contributed by atoms with Gasteiger partial charge in [0.05, 0.1) is 11.7 Å². The molecule has 1 aromatic heterocycles. The summed E-state index contributed by atoms with van der Waals surface area (Å²) < 4.78 is 19.4. The van der Waals surface area contributed by atoms with E-state index in [1.807, 2.05) is 13.0 Å². The predicted molar refractivity (Wildman–Crippen MR) is 86.5 cm³/mol. The minimum absolute atomic E-state index is 0.103. The van der Waals surface area contributed by atoms with Crippen LogP contribution in [0.1, 0.15) is 25.5 Å². The van der Waals surface area contributed by atoms with Gasteiger partial charge in [0, 0.05) is 18.0 Å². The molecule has 1 aromatic carbocycles. The van der Waals surface area contributed by atoms with Crippen LogP contribution < -0.4 is 15.8 Å². The number of amides is 1. The highest BCUT2D eigenvalue weighted by molar-refractivity contribution is 5.94. The first-order valence-electron chi connectivity index (χ1n) is 7.49. The number of carbonyl (C=O) groups is 1. The normalized spacial score (nSPS) is 11.8. The average Bonchev–Trinajstić information content (AvgIpc) is 2.55. The molecular formula is C17H20FN3O2. The lowest BCUT2D eigenvalue weighted by atomic mass is 10.1. The molecule has 0 aliphatic carbocycles. The number of rotatable bonds is 7. The van der Waals surface area contributed by atoms with Crippen molar-refractivity contribution in [3.63, 3.8) is 0 Å². The van der Waals surface area contributed by atoms with Crippen molar-refractivity contribution in [1.82, 2.24) is 4.98 Å². The second-order valence-corrected chi connectivity index (χ2v) is 5.14. The number of pyridine rings is 1. The molecule has 0 bridgehead atoms. The van der Waals surface area contributed by atoms with E-state index in [0.717, 1.165) is 6.42 Å². The van der Waals surface area contributed by atoms with E-state index in [4.69, 9.17) is 10.5 Å². The maximum atomic E-state index is 14.0. The zero-order valence-electron chi connectivity index (χ0n) is 13.0. The second kappa shape index (κ2) is 8.24. The Kier molecular flexibility index (Phi) is 6.05. The van der Waals surface area contributed by atoms with Crippen LogP contribution in [0, 0.1) is 5.82 Å². The Morgan fingerprint density at radius 3 is 2.87 bits per heavy atom. The van der Waals surface area contributed by atoms with Gasteiger partial charge in [0.15, 0.2) is 11.6 Å². The molecule has 0 saturated heterocycles. The van der Waals surface area contributed by atoms with Crippen LogP contribution in [0.5, 0.6) is 5.75 Å². The topological polar surface area (TPSA) is 77.2 Å². The molecule has 0 aliphatic rings. The molecule has 5 nitrogen and oxygen atoms in total. The summed E-state index contributed by atoms with van der Waals surface area (Å²) in [4.78, 5) is 15.9. The minimum Gasteiger partial charge on any atom is -0.484 e. The summed E-state index contributed by atoms with van der Waals surface area (Å²) in [5, 5.41) is 2.60. The molecule has 122 valence electrons. The number of nitrogens with zero attached hydrogens (tertiary/aromatic N) is 1. The van der Waals surface area contributed by atoms with Crippen LogP contribution in [0.15, 0.2) is 42.6 Å². The molecule has 0 aliphatic heterocycles. The number of ether oxygens (including phenoxy) is 1. The van der Waals surface area contributed by atoms with Crippen molar-refractivity contribution in [2.45, 2.75) is 32.4 Å². The van der Waals surface area contributed by atoms with E-state index in [9.17, 15) is 9.18 Å². The molecule has 1 unspecified atom stereocenters. The van der Waals surface area contributed by atoms with Gasteiger partial charge in [-0.1, -0.05) is 19.4 Å². The highest BCUT2D eigenvalue weighted by Gasteiger charge is 2.13. The molecular weight excluding hydrogens is 297 g/mol. The highest BCUT2D eigenvalue weighted by atomic mass is 19.1. The van der Waals surface area contributed by atoms with E-state index in [0.29, 0.717) is 17.8 Å². The zero-order valence-corrected chi connectivity index (χ0v) is 13.0. The lowest BCUT2D eigenvalue weighted by Gasteiger charge is -2.12. The summed E-state index contributed by atoms with van der Waals surface area (Å²) in [5.74, 6) is -0.775. The van der Waals surface area contributed by atoms with Gasteiger partial charge in [0.1, 0.15) is 6.61 Å². The Balaban J connectivity index is 1.96. The van der Waals surface area contributed by atoms with E-state index in [1.54, 1.807) is 24.4 Å². The zero-order chi connectivity index (χ0) is 16.7. The molecule has 6 heteroatoms. The van der Waals surface area contributed by atoms with Gasteiger partial charge in [-0.25, -0.2) is 4.39 Å². The Hall–Kier alpha value is -2.47. The van der Waals surface area contributed by atoms with Crippen molar-refractivity contribution in [2.24, 2.45) is 5.73 Å². The molecule has 1 atom stereocenters. The number of halogens is 1. The highest BCUT2D eigenvalue weighted by Crippen LogP contribution is 2.22. The maximum absolute atomic E-state index is 14.0. The second-order valence-electron chi connectivity index (χ2n) is 5.14. The van der Waals surface area contributed by atoms with Crippen LogP contribution in [-0.2, 0) is 11.4 Å². The van der Waals surface area contributed by atoms with Gasteiger partial charge >= 0.3 is 0 Å². The third-order valence-corrected chi connectivity index (χ3v) is 3.24. The molecule has 1 heterocycles. The van der Waals surface area contributed by atoms with E-state index >= 15 is 0 Å². The van der Waals surface area contributed by atoms with Gasteiger partial charge in [-0.3, -0.25) is 9.78 Å². The van der Waals surface area contributed by atoms with Gasteiger partial charge < -0.3 is 15.8 Å². The van der Waals surface area contributed by atoms with Crippen LogP contribution in [0.3, 0.4) is 0 Å². The van der Waals surface area contributed by atoms with Crippen molar-refractivity contribution in [3.05, 3.63) is 54.1 Å². The van der Waals surface area contributed by atoms with Gasteiger partial charge in [0.2, 0.25) is 5.91 Å². The van der Waals surface area contributed by atoms with Crippen molar-refractivity contribution in [2.75, 3.05) is 5.32 Å². The van der Waals surface area contributed by atoms with Crippen molar-refractivity contribution in [3.8, 4) is 5.75 Å². The molecule has 0 radical (unpaired) electrons. The Morgan fingerprint density at radius 2 is 2.22 bits per heavy atom. The number of anilines is 1. The standard InChI is InChI=1S/C17H20FN3O2/c1-2-5-15(19)17(22)21-12-7-8-16(14(18)10-12)23-11-13-6-3-4-9-20-13/h3-4,6-10,15H,2,5,11,19H2,1H3,(H,21,22). The Morgan fingerprint density at radius 1 is 1.39 bits per heavy atom. The van der Waals surface area contributed by atoms with E-state index < -0.39 is 11.9 Å². The molecule has 23 heavy (non-hydrogen) atoms. The van der Waals surface area contributed by atoms with Crippen LogP contribution in [0.25, 0.3) is 0 Å². The number of benzene rings is 1. The fraction of sp³-hybridized carbons (Fsp3) is 0.294. The third kappa shape index (κ3) is 5.03. The number of hydrogen-bond acceptors (Lipinski definition) is 4. The van der Waals surface area contributed by atoms with E-state index in [-0.39, 0.29) is 18.3 Å². The van der Waals surface area contributed by atoms with E-state index in [2.05, 4.69) is 10.3 Å². The smallest absolute Gasteiger partial charge is 0.241 e.